The van der Waals surface area contributed by atoms with Crippen LogP contribution in [0.1, 0.15) is 9.67 Å². The Kier molecular flexibility index (Phi) is 2.53. The van der Waals surface area contributed by atoms with E-state index in [2.05, 4.69) is 0 Å². The highest BCUT2D eigenvalue weighted by Crippen LogP contribution is 2.19. The fourth-order valence-electron chi connectivity index (χ4n) is 1.37. The minimum absolute atomic E-state index is 0.120. The number of hydrogen-bond donors (Lipinski definition) is 1. The van der Waals surface area contributed by atoms with E-state index in [4.69, 9.17) is 5.14 Å². The maximum absolute atomic E-state index is 11.7. The van der Waals surface area contributed by atoms with Crippen molar-refractivity contribution in [3.63, 3.8) is 0 Å². The first kappa shape index (κ1) is 10.6. The third-order valence-corrected chi connectivity index (χ3v) is 4.42. The molecule has 7 heteroatoms. The highest BCUT2D eigenvalue weighted by molar-refractivity contribution is 7.89. The van der Waals surface area contributed by atoms with Gasteiger partial charge in [0, 0.05) is 13.1 Å². The standard InChI is InChI=1S/C8H10N2O3S2/c9-15(12,13)6-4-10(5-6)8(11)7-2-1-3-14-7/h1-3,6H,4-5H2,(H2,9,12,13). The van der Waals surface area contributed by atoms with Gasteiger partial charge >= 0.3 is 0 Å². The third kappa shape index (κ3) is 2.04. The molecule has 2 N–H and O–H groups in total. The van der Waals surface area contributed by atoms with Crippen molar-refractivity contribution < 1.29 is 13.2 Å². The van der Waals surface area contributed by atoms with E-state index >= 15 is 0 Å². The predicted molar refractivity (Wildman–Crippen MR) is 57.1 cm³/mol. The Balaban J connectivity index is 1.99. The maximum atomic E-state index is 11.7. The van der Waals surface area contributed by atoms with Gasteiger partial charge in [-0.25, -0.2) is 13.6 Å². The molecule has 1 saturated heterocycles. The van der Waals surface area contributed by atoms with Gasteiger partial charge in [-0.15, -0.1) is 11.3 Å². The Morgan fingerprint density at radius 3 is 2.67 bits per heavy atom. The summed E-state index contributed by atoms with van der Waals surface area (Å²) in [5, 5.41) is 6.17. The molecule has 0 bridgehead atoms. The maximum Gasteiger partial charge on any atom is 0.264 e. The topological polar surface area (TPSA) is 80.5 Å². The summed E-state index contributed by atoms with van der Waals surface area (Å²) in [6.07, 6.45) is 0. The second-order valence-corrected chi connectivity index (χ2v) is 6.19. The normalized spacial score (nSPS) is 17.5. The Hall–Kier alpha value is -0.920. The highest BCUT2D eigenvalue weighted by Gasteiger charge is 2.38. The first-order valence-electron chi connectivity index (χ1n) is 4.33. The van der Waals surface area contributed by atoms with Crippen molar-refractivity contribution in [3.05, 3.63) is 22.4 Å². The number of amides is 1. The van der Waals surface area contributed by atoms with Crippen molar-refractivity contribution in [2.24, 2.45) is 5.14 Å². The molecule has 0 spiro atoms. The van der Waals surface area contributed by atoms with E-state index in [1.807, 2.05) is 5.38 Å². The van der Waals surface area contributed by atoms with Gasteiger partial charge < -0.3 is 4.90 Å². The molecule has 2 rings (SSSR count). The zero-order valence-electron chi connectivity index (χ0n) is 7.79. The minimum atomic E-state index is -3.49. The molecule has 1 amide bonds. The molecule has 1 aromatic heterocycles. The van der Waals surface area contributed by atoms with Crippen LogP contribution in [0.2, 0.25) is 0 Å². The van der Waals surface area contributed by atoms with Crippen LogP contribution in [0.4, 0.5) is 0 Å². The summed E-state index contributed by atoms with van der Waals surface area (Å²) in [5.74, 6) is -0.120. The van der Waals surface area contributed by atoms with Crippen molar-refractivity contribution >= 4 is 27.3 Å². The second-order valence-electron chi connectivity index (χ2n) is 3.40. The van der Waals surface area contributed by atoms with E-state index in [0.717, 1.165) is 0 Å². The number of hydrogen-bond acceptors (Lipinski definition) is 4. The molecular formula is C8H10N2O3S2. The molecule has 0 aromatic carbocycles. The number of rotatable bonds is 2. The highest BCUT2D eigenvalue weighted by atomic mass is 32.2. The van der Waals surface area contributed by atoms with Crippen molar-refractivity contribution in [2.75, 3.05) is 13.1 Å². The molecule has 1 aliphatic rings. The molecule has 0 aliphatic carbocycles. The Morgan fingerprint density at radius 1 is 1.53 bits per heavy atom. The average Bonchev–Trinajstić information content (AvgIpc) is 2.48. The molecular weight excluding hydrogens is 236 g/mol. The fraction of sp³-hybridized carbons (Fsp3) is 0.375. The first-order valence-corrected chi connectivity index (χ1v) is 6.82. The van der Waals surface area contributed by atoms with Crippen LogP contribution in [-0.4, -0.2) is 37.6 Å². The number of primary sulfonamides is 1. The monoisotopic (exact) mass is 246 g/mol. The van der Waals surface area contributed by atoms with Crippen LogP contribution < -0.4 is 5.14 Å². The lowest BCUT2D eigenvalue weighted by atomic mass is 10.2. The predicted octanol–water partition coefficient (Wildman–Crippen LogP) is -0.139. The van der Waals surface area contributed by atoms with Crippen LogP contribution >= 0.6 is 11.3 Å². The average molecular weight is 246 g/mol. The Labute approximate surface area is 91.5 Å². The number of sulfonamides is 1. The van der Waals surface area contributed by atoms with Crippen molar-refractivity contribution in [1.29, 1.82) is 0 Å². The van der Waals surface area contributed by atoms with E-state index < -0.39 is 15.3 Å². The number of nitrogens with two attached hydrogens (primary N) is 1. The van der Waals surface area contributed by atoms with Gasteiger partial charge in [-0.3, -0.25) is 4.79 Å². The number of carbonyl (C=O) groups is 1. The summed E-state index contributed by atoms with van der Waals surface area (Å²) >= 11 is 1.35. The molecule has 1 aliphatic heterocycles. The van der Waals surface area contributed by atoms with E-state index in [1.165, 1.54) is 16.2 Å². The zero-order valence-corrected chi connectivity index (χ0v) is 9.42. The molecule has 2 heterocycles. The van der Waals surface area contributed by atoms with Crippen molar-refractivity contribution in [2.45, 2.75) is 5.25 Å². The van der Waals surface area contributed by atoms with Crippen LogP contribution in [0.25, 0.3) is 0 Å². The van der Waals surface area contributed by atoms with Crippen LogP contribution in [0.15, 0.2) is 17.5 Å². The van der Waals surface area contributed by atoms with Crippen LogP contribution in [0, 0.1) is 0 Å². The molecule has 15 heavy (non-hydrogen) atoms. The van der Waals surface area contributed by atoms with Gasteiger partial charge in [0.05, 0.1) is 4.88 Å². The van der Waals surface area contributed by atoms with Gasteiger partial charge in [-0.1, -0.05) is 6.07 Å². The quantitative estimate of drug-likeness (QED) is 0.788. The van der Waals surface area contributed by atoms with Gasteiger partial charge in [0.15, 0.2) is 0 Å². The van der Waals surface area contributed by atoms with Crippen molar-refractivity contribution in [3.8, 4) is 0 Å². The van der Waals surface area contributed by atoms with Gasteiger partial charge in [0.25, 0.3) is 5.91 Å². The molecule has 0 unspecified atom stereocenters. The summed E-state index contributed by atoms with van der Waals surface area (Å²) in [6.45, 7) is 0.408. The number of carbonyl (C=O) groups excluding carboxylic acids is 1. The molecule has 82 valence electrons. The van der Waals surface area contributed by atoms with E-state index in [0.29, 0.717) is 4.88 Å². The van der Waals surface area contributed by atoms with Gasteiger partial charge in [-0.05, 0) is 11.4 Å². The van der Waals surface area contributed by atoms with Crippen LogP contribution in [-0.2, 0) is 10.0 Å². The lowest BCUT2D eigenvalue weighted by Crippen LogP contribution is -2.58. The van der Waals surface area contributed by atoms with Crippen molar-refractivity contribution in [1.82, 2.24) is 4.90 Å². The first-order chi connectivity index (χ1) is 6.98. The molecule has 1 aromatic rings. The lowest BCUT2D eigenvalue weighted by molar-refractivity contribution is 0.0664. The number of likely N-dealkylation sites (tertiary alicyclic amines) is 1. The molecule has 0 atom stereocenters. The zero-order chi connectivity index (χ0) is 11.1. The van der Waals surface area contributed by atoms with Crippen LogP contribution in [0.5, 0.6) is 0 Å². The molecule has 0 saturated carbocycles. The summed E-state index contributed by atoms with van der Waals surface area (Å²) in [5.41, 5.74) is 0. The smallest absolute Gasteiger partial charge is 0.264 e. The molecule has 0 radical (unpaired) electrons. The molecule has 5 nitrogen and oxygen atoms in total. The fourth-order valence-corrected chi connectivity index (χ4v) is 2.83. The summed E-state index contributed by atoms with van der Waals surface area (Å²) in [7, 11) is -3.49. The van der Waals surface area contributed by atoms with Gasteiger partial charge in [0.1, 0.15) is 5.25 Å². The Bertz CT molecular complexity index is 460. The number of nitrogens with zero attached hydrogens (tertiary/aromatic N) is 1. The lowest BCUT2D eigenvalue weighted by Gasteiger charge is -2.37. The number of thiophene rings is 1. The third-order valence-electron chi connectivity index (χ3n) is 2.33. The second kappa shape index (κ2) is 3.58. The SMILES string of the molecule is NS(=O)(=O)C1CN(C(=O)c2cccs2)C1. The van der Waals surface area contributed by atoms with E-state index in [9.17, 15) is 13.2 Å². The molecule has 1 fully saturated rings. The van der Waals surface area contributed by atoms with E-state index in [-0.39, 0.29) is 19.0 Å². The largest absolute Gasteiger partial charge is 0.335 e. The summed E-state index contributed by atoms with van der Waals surface area (Å²) in [4.78, 5) is 13.8. The van der Waals surface area contributed by atoms with Gasteiger partial charge in [-0.2, -0.15) is 0 Å². The Morgan fingerprint density at radius 2 is 2.20 bits per heavy atom. The van der Waals surface area contributed by atoms with Crippen LogP contribution in [0.3, 0.4) is 0 Å². The van der Waals surface area contributed by atoms with E-state index in [1.54, 1.807) is 12.1 Å². The summed E-state index contributed by atoms with van der Waals surface area (Å²) < 4.78 is 21.8. The summed E-state index contributed by atoms with van der Waals surface area (Å²) in [6, 6.07) is 3.51. The minimum Gasteiger partial charge on any atom is -0.335 e. The van der Waals surface area contributed by atoms with Gasteiger partial charge in [0.2, 0.25) is 10.0 Å².